The molecule has 1 fully saturated rings. The smallest absolute Gasteiger partial charge is 0.0950 e. The van der Waals surface area contributed by atoms with E-state index in [2.05, 4.69) is 11.9 Å². The van der Waals surface area contributed by atoms with E-state index < -0.39 is 5.60 Å². The van der Waals surface area contributed by atoms with Crippen molar-refractivity contribution in [1.82, 2.24) is 4.98 Å². The molecule has 2 aromatic rings. The molecule has 2 nitrogen and oxygen atoms in total. The number of nitrogens with zero attached hydrogens (tertiary/aromatic N) is 1. The lowest BCUT2D eigenvalue weighted by Gasteiger charge is -2.13. The van der Waals surface area contributed by atoms with Gasteiger partial charge in [0, 0.05) is 17.1 Å². The fourth-order valence-corrected chi connectivity index (χ4v) is 2.79. The topological polar surface area (TPSA) is 33.1 Å². The first kappa shape index (κ1) is 10.7. The van der Waals surface area contributed by atoms with Crippen LogP contribution in [0.15, 0.2) is 36.5 Å². The summed E-state index contributed by atoms with van der Waals surface area (Å²) in [5.41, 5.74) is 1.34. The lowest BCUT2D eigenvalue weighted by molar-refractivity contribution is 0.130. The van der Waals surface area contributed by atoms with Crippen LogP contribution in [0.5, 0.6) is 0 Å². The van der Waals surface area contributed by atoms with E-state index in [1.54, 1.807) is 6.20 Å². The molecule has 2 heteroatoms. The van der Waals surface area contributed by atoms with Crippen molar-refractivity contribution in [1.29, 1.82) is 0 Å². The van der Waals surface area contributed by atoms with Crippen LogP contribution < -0.4 is 0 Å². The summed E-state index contributed by atoms with van der Waals surface area (Å²) in [6.07, 6.45) is 4.91. The summed E-state index contributed by atoms with van der Waals surface area (Å²) in [7, 11) is 0. The molecule has 0 amide bonds. The van der Waals surface area contributed by atoms with Gasteiger partial charge < -0.3 is 5.11 Å². The van der Waals surface area contributed by atoms with Crippen molar-refractivity contribution in [3.8, 4) is 0 Å². The molecule has 2 unspecified atom stereocenters. The standard InChI is InChI=1S/C15H17NO/c1-2-5-12-10-15(12,17)13-8-3-6-11-7-4-9-16-14(11)13/h3-4,6-9,12,17H,2,5,10H2,1H3. The average Bonchev–Trinajstić information content (AvgIpc) is 3.01. The van der Waals surface area contributed by atoms with Crippen molar-refractivity contribution < 1.29 is 5.11 Å². The van der Waals surface area contributed by atoms with Crippen LogP contribution in [-0.4, -0.2) is 10.1 Å². The maximum atomic E-state index is 10.6. The van der Waals surface area contributed by atoms with Crippen molar-refractivity contribution in [3.63, 3.8) is 0 Å². The largest absolute Gasteiger partial charge is 0.385 e. The van der Waals surface area contributed by atoms with Crippen LogP contribution in [-0.2, 0) is 5.60 Å². The third-order valence-electron chi connectivity index (χ3n) is 3.81. The van der Waals surface area contributed by atoms with Crippen LogP contribution >= 0.6 is 0 Å². The lowest BCUT2D eigenvalue weighted by atomic mass is 10.00. The van der Waals surface area contributed by atoms with Crippen LogP contribution in [0.3, 0.4) is 0 Å². The summed E-state index contributed by atoms with van der Waals surface area (Å²) in [6.45, 7) is 2.17. The first-order valence-electron chi connectivity index (χ1n) is 6.32. The van der Waals surface area contributed by atoms with E-state index in [1.807, 2.05) is 30.3 Å². The number of para-hydroxylation sites is 1. The number of aromatic nitrogens is 1. The first-order valence-corrected chi connectivity index (χ1v) is 6.32. The maximum Gasteiger partial charge on any atom is 0.0950 e. The van der Waals surface area contributed by atoms with Crippen molar-refractivity contribution in [2.45, 2.75) is 31.8 Å². The van der Waals surface area contributed by atoms with E-state index in [0.717, 1.165) is 35.7 Å². The van der Waals surface area contributed by atoms with Gasteiger partial charge in [0.25, 0.3) is 0 Å². The lowest BCUT2D eigenvalue weighted by Crippen LogP contribution is -2.10. The Hall–Kier alpha value is -1.41. The summed E-state index contributed by atoms with van der Waals surface area (Å²) >= 11 is 0. The van der Waals surface area contributed by atoms with Gasteiger partial charge in [-0.2, -0.15) is 0 Å². The third kappa shape index (κ3) is 1.64. The minimum absolute atomic E-state index is 0.417. The molecule has 1 N–H and O–H groups in total. The molecular formula is C15H17NO. The number of rotatable bonds is 3. The van der Waals surface area contributed by atoms with Crippen molar-refractivity contribution in [3.05, 3.63) is 42.1 Å². The SMILES string of the molecule is CCCC1CC1(O)c1cccc2cccnc12. The highest BCUT2D eigenvalue weighted by atomic mass is 16.3. The van der Waals surface area contributed by atoms with Crippen LogP contribution in [0, 0.1) is 5.92 Å². The summed E-state index contributed by atoms with van der Waals surface area (Å²) in [5.74, 6) is 0.417. The zero-order valence-electron chi connectivity index (χ0n) is 10.1. The predicted octanol–water partition coefficient (Wildman–Crippen LogP) is 3.24. The highest BCUT2D eigenvalue weighted by Gasteiger charge is 2.54. The second-order valence-corrected chi connectivity index (χ2v) is 4.99. The van der Waals surface area contributed by atoms with E-state index in [9.17, 15) is 5.11 Å². The van der Waals surface area contributed by atoms with Crippen LogP contribution in [0.1, 0.15) is 31.7 Å². The Kier molecular flexibility index (Phi) is 2.40. The van der Waals surface area contributed by atoms with E-state index in [0.29, 0.717) is 5.92 Å². The van der Waals surface area contributed by atoms with E-state index in [1.165, 1.54) is 0 Å². The molecule has 1 aromatic heterocycles. The Morgan fingerprint density at radius 1 is 1.35 bits per heavy atom. The molecule has 17 heavy (non-hydrogen) atoms. The zero-order valence-corrected chi connectivity index (χ0v) is 10.1. The fraction of sp³-hybridized carbons (Fsp3) is 0.400. The van der Waals surface area contributed by atoms with Gasteiger partial charge in [0.15, 0.2) is 0 Å². The van der Waals surface area contributed by atoms with Crippen molar-refractivity contribution >= 4 is 10.9 Å². The molecule has 0 radical (unpaired) electrons. The normalized spacial score (nSPS) is 27.3. The van der Waals surface area contributed by atoms with E-state index >= 15 is 0 Å². The van der Waals surface area contributed by atoms with Gasteiger partial charge >= 0.3 is 0 Å². The molecule has 0 bridgehead atoms. The number of aliphatic hydroxyl groups is 1. The van der Waals surface area contributed by atoms with Crippen LogP contribution in [0.25, 0.3) is 10.9 Å². The molecule has 0 spiro atoms. The average molecular weight is 227 g/mol. The molecule has 1 heterocycles. The van der Waals surface area contributed by atoms with Gasteiger partial charge in [-0.05, 0) is 24.8 Å². The summed E-state index contributed by atoms with van der Waals surface area (Å²) in [4.78, 5) is 4.42. The molecule has 0 saturated heterocycles. The minimum atomic E-state index is -0.621. The van der Waals surface area contributed by atoms with E-state index in [-0.39, 0.29) is 0 Å². The van der Waals surface area contributed by atoms with Gasteiger partial charge in [0.2, 0.25) is 0 Å². The molecule has 0 aliphatic heterocycles. The number of benzene rings is 1. The predicted molar refractivity (Wildman–Crippen MR) is 68.7 cm³/mol. The summed E-state index contributed by atoms with van der Waals surface area (Å²) in [5, 5.41) is 11.8. The first-order chi connectivity index (χ1) is 8.25. The summed E-state index contributed by atoms with van der Waals surface area (Å²) in [6, 6.07) is 10.1. The highest BCUT2D eigenvalue weighted by Crippen LogP contribution is 2.55. The Labute approximate surface area is 101 Å². The molecule has 1 saturated carbocycles. The Balaban J connectivity index is 2.07. The third-order valence-corrected chi connectivity index (χ3v) is 3.81. The van der Waals surface area contributed by atoms with Gasteiger partial charge in [-0.15, -0.1) is 0 Å². The highest BCUT2D eigenvalue weighted by molar-refractivity contribution is 5.82. The minimum Gasteiger partial charge on any atom is -0.385 e. The fourth-order valence-electron chi connectivity index (χ4n) is 2.79. The quantitative estimate of drug-likeness (QED) is 0.873. The van der Waals surface area contributed by atoms with Gasteiger partial charge in [-0.25, -0.2) is 0 Å². The van der Waals surface area contributed by atoms with Crippen molar-refractivity contribution in [2.24, 2.45) is 5.92 Å². The second-order valence-electron chi connectivity index (χ2n) is 4.99. The number of hydrogen-bond donors (Lipinski definition) is 1. The molecule has 1 aromatic carbocycles. The van der Waals surface area contributed by atoms with Crippen LogP contribution in [0.4, 0.5) is 0 Å². The monoisotopic (exact) mass is 227 g/mol. The molecule has 2 atom stereocenters. The molecule has 1 aliphatic rings. The zero-order chi connectivity index (χ0) is 11.9. The molecule has 88 valence electrons. The molecular weight excluding hydrogens is 210 g/mol. The number of fused-ring (bicyclic) bond motifs is 1. The Morgan fingerprint density at radius 2 is 2.18 bits per heavy atom. The Bertz CT molecular complexity index is 546. The summed E-state index contributed by atoms with van der Waals surface area (Å²) < 4.78 is 0. The second kappa shape index (κ2) is 3.81. The molecule has 3 rings (SSSR count). The number of hydrogen-bond acceptors (Lipinski definition) is 2. The van der Waals surface area contributed by atoms with Crippen LogP contribution in [0.2, 0.25) is 0 Å². The van der Waals surface area contributed by atoms with Gasteiger partial charge in [0.1, 0.15) is 0 Å². The van der Waals surface area contributed by atoms with Gasteiger partial charge in [0.05, 0.1) is 11.1 Å². The Morgan fingerprint density at radius 3 is 3.00 bits per heavy atom. The maximum absolute atomic E-state index is 10.6. The molecule has 1 aliphatic carbocycles. The number of pyridine rings is 1. The van der Waals surface area contributed by atoms with Gasteiger partial charge in [-0.1, -0.05) is 37.6 Å². The van der Waals surface area contributed by atoms with E-state index in [4.69, 9.17) is 0 Å². The van der Waals surface area contributed by atoms with Gasteiger partial charge in [-0.3, -0.25) is 4.98 Å². The van der Waals surface area contributed by atoms with Crippen molar-refractivity contribution in [2.75, 3.05) is 0 Å².